The molecule has 1 rings (SSSR count). The molecule has 1 amide bonds. The third-order valence-electron chi connectivity index (χ3n) is 3.70. The van der Waals surface area contributed by atoms with Crippen molar-refractivity contribution in [2.45, 2.75) is 46.1 Å². The van der Waals surface area contributed by atoms with Gasteiger partial charge in [0.25, 0.3) is 0 Å². The van der Waals surface area contributed by atoms with Gasteiger partial charge in [-0.15, -0.1) is 0 Å². The van der Waals surface area contributed by atoms with Gasteiger partial charge >= 0.3 is 0 Å². The van der Waals surface area contributed by atoms with E-state index in [0.29, 0.717) is 5.92 Å². The molecule has 2 unspecified atom stereocenters. The van der Waals surface area contributed by atoms with E-state index in [4.69, 9.17) is 0 Å². The molecule has 0 aromatic heterocycles. The summed E-state index contributed by atoms with van der Waals surface area (Å²) in [6, 6.07) is 0.0231. The average Bonchev–Trinajstić information content (AvgIpc) is 2.37. The molecule has 2 atom stereocenters. The molecular formula is C14H29N3O. The Labute approximate surface area is 111 Å². The van der Waals surface area contributed by atoms with Crippen LogP contribution in [0.15, 0.2) is 0 Å². The van der Waals surface area contributed by atoms with Crippen LogP contribution >= 0.6 is 0 Å². The van der Waals surface area contributed by atoms with E-state index in [9.17, 15) is 4.79 Å². The van der Waals surface area contributed by atoms with Crippen LogP contribution in [0, 0.1) is 5.92 Å². The highest BCUT2D eigenvalue weighted by Crippen LogP contribution is 2.14. The Bertz CT molecular complexity index is 245. The normalized spacial score (nSPS) is 24.2. The van der Waals surface area contributed by atoms with Crippen molar-refractivity contribution in [2.24, 2.45) is 5.92 Å². The van der Waals surface area contributed by atoms with E-state index in [-0.39, 0.29) is 11.9 Å². The van der Waals surface area contributed by atoms with E-state index in [1.807, 2.05) is 0 Å². The molecule has 0 aromatic carbocycles. The van der Waals surface area contributed by atoms with Crippen molar-refractivity contribution in [3.63, 3.8) is 0 Å². The number of nitrogens with zero attached hydrogens (tertiary/aromatic N) is 1. The standard InChI is InChI=1S/C14H29N3O/c1-4-9-17(5-2)10-8-16-14(18)13-11-12(3)6-7-15-13/h12-13,15H,4-11H2,1-3H3,(H,16,18). The second-order valence-corrected chi connectivity index (χ2v) is 5.36. The van der Waals surface area contributed by atoms with E-state index in [1.165, 1.54) is 12.8 Å². The lowest BCUT2D eigenvalue weighted by molar-refractivity contribution is -0.124. The minimum absolute atomic E-state index is 0.0231. The molecule has 4 nitrogen and oxygen atoms in total. The summed E-state index contributed by atoms with van der Waals surface area (Å²) in [5.74, 6) is 0.836. The van der Waals surface area contributed by atoms with Crippen molar-refractivity contribution in [2.75, 3.05) is 32.7 Å². The number of likely N-dealkylation sites (N-methyl/N-ethyl adjacent to an activating group) is 1. The zero-order valence-electron chi connectivity index (χ0n) is 12.2. The quantitative estimate of drug-likeness (QED) is 0.719. The van der Waals surface area contributed by atoms with Gasteiger partial charge in [0, 0.05) is 13.1 Å². The molecule has 1 aliphatic rings. The Balaban J connectivity index is 2.19. The second kappa shape index (κ2) is 8.48. The lowest BCUT2D eigenvalue weighted by Crippen LogP contribution is -2.49. The summed E-state index contributed by atoms with van der Waals surface area (Å²) >= 11 is 0. The fourth-order valence-electron chi connectivity index (χ4n) is 2.51. The van der Waals surface area contributed by atoms with Crippen LogP contribution in [0.5, 0.6) is 0 Å². The summed E-state index contributed by atoms with van der Waals surface area (Å²) in [6.07, 6.45) is 3.33. The van der Waals surface area contributed by atoms with Crippen LogP contribution in [-0.4, -0.2) is 49.6 Å². The van der Waals surface area contributed by atoms with Gasteiger partial charge < -0.3 is 15.5 Å². The Kier molecular flexibility index (Phi) is 7.28. The Morgan fingerprint density at radius 1 is 1.39 bits per heavy atom. The first kappa shape index (κ1) is 15.4. The van der Waals surface area contributed by atoms with E-state index in [0.717, 1.165) is 39.1 Å². The second-order valence-electron chi connectivity index (χ2n) is 5.36. The number of amides is 1. The molecule has 106 valence electrons. The van der Waals surface area contributed by atoms with Crippen LogP contribution in [-0.2, 0) is 4.79 Å². The molecule has 0 saturated carbocycles. The van der Waals surface area contributed by atoms with E-state index in [2.05, 4.69) is 36.3 Å². The van der Waals surface area contributed by atoms with Gasteiger partial charge in [-0.05, 0) is 44.8 Å². The first-order valence-electron chi connectivity index (χ1n) is 7.40. The van der Waals surface area contributed by atoms with Gasteiger partial charge in [-0.3, -0.25) is 4.79 Å². The predicted octanol–water partition coefficient (Wildman–Crippen LogP) is 1.22. The maximum absolute atomic E-state index is 12.0. The van der Waals surface area contributed by atoms with Gasteiger partial charge in [-0.2, -0.15) is 0 Å². The third kappa shape index (κ3) is 5.36. The molecule has 0 radical (unpaired) electrons. The topological polar surface area (TPSA) is 44.4 Å². The fourth-order valence-corrected chi connectivity index (χ4v) is 2.51. The first-order chi connectivity index (χ1) is 8.67. The molecule has 0 aliphatic carbocycles. The van der Waals surface area contributed by atoms with Crippen LogP contribution in [0.25, 0.3) is 0 Å². The summed E-state index contributed by atoms with van der Waals surface area (Å²) < 4.78 is 0. The highest BCUT2D eigenvalue weighted by atomic mass is 16.2. The van der Waals surface area contributed by atoms with Crippen molar-refractivity contribution >= 4 is 5.91 Å². The molecule has 0 aromatic rings. The van der Waals surface area contributed by atoms with Crippen molar-refractivity contribution in [3.8, 4) is 0 Å². The Hall–Kier alpha value is -0.610. The van der Waals surface area contributed by atoms with Crippen LogP contribution in [0.2, 0.25) is 0 Å². The number of piperidine rings is 1. The molecule has 2 N–H and O–H groups in total. The molecule has 0 spiro atoms. The maximum Gasteiger partial charge on any atom is 0.237 e. The number of carbonyl (C=O) groups is 1. The van der Waals surface area contributed by atoms with Gasteiger partial charge in [-0.25, -0.2) is 0 Å². The van der Waals surface area contributed by atoms with Crippen LogP contribution < -0.4 is 10.6 Å². The highest BCUT2D eigenvalue weighted by molar-refractivity contribution is 5.81. The van der Waals surface area contributed by atoms with Crippen molar-refractivity contribution < 1.29 is 4.79 Å². The SMILES string of the molecule is CCCN(CC)CCNC(=O)C1CC(C)CCN1. The van der Waals surface area contributed by atoms with Crippen molar-refractivity contribution in [1.82, 2.24) is 15.5 Å². The summed E-state index contributed by atoms with van der Waals surface area (Å²) in [5.41, 5.74) is 0. The number of nitrogens with one attached hydrogen (secondary N) is 2. The largest absolute Gasteiger partial charge is 0.353 e. The van der Waals surface area contributed by atoms with Crippen LogP contribution in [0.4, 0.5) is 0 Å². The van der Waals surface area contributed by atoms with Gasteiger partial charge in [0.2, 0.25) is 5.91 Å². The Morgan fingerprint density at radius 3 is 2.78 bits per heavy atom. The lowest BCUT2D eigenvalue weighted by Gasteiger charge is -2.27. The van der Waals surface area contributed by atoms with Crippen molar-refractivity contribution in [3.05, 3.63) is 0 Å². The molecule has 1 aliphatic heterocycles. The number of hydrogen-bond acceptors (Lipinski definition) is 3. The molecule has 1 saturated heterocycles. The van der Waals surface area contributed by atoms with Gasteiger partial charge in [0.15, 0.2) is 0 Å². The zero-order chi connectivity index (χ0) is 13.4. The lowest BCUT2D eigenvalue weighted by atomic mass is 9.94. The highest BCUT2D eigenvalue weighted by Gasteiger charge is 2.23. The van der Waals surface area contributed by atoms with E-state index < -0.39 is 0 Å². The number of carbonyl (C=O) groups excluding carboxylic acids is 1. The monoisotopic (exact) mass is 255 g/mol. The smallest absolute Gasteiger partial charge is 0.237 e. The molecule has 18 heavy (non-hydrogen) atoms. The molecular weight excluding hydrogens is 226 g/mol. The van der Waals surface area contributed by atoms with Gasteiger partial charge in [0.05, 0.1) is 6.04 Å². The minimum atomic E-state index is 0.0231. The summed E-state index contributed by atoms with van der Waals surface area (Å²) in [4.78, 5) is 14.4. The average molecular weight is 255 g/mol. The van der Waals surface area contributed by atoms with E-state index in [1.54, 1.807) is 0 Å². The Morgan fingerprint density at radius 2 is 2.17 bits per heavy atom. The first-order valence-corrected chi connectivity index (χ1v) is 7.40. The predicted molar refractivity (Wildman–Crippen MR) is 75.6 cm³/mol. The van der Waals surface area contributed by atoms with Crippen LogP contribution in [0.1, 0.15) is 40.0 Å². The molecule has 1 fully saturated rings. The molecule has 1 heterocycles. The fraction of sp³-hybridized carbons (Fsp3) is 0.929. The maximum atomic E-state index is 12.0. The van der Waals surface area contributed by atoms with E-state index >= 15 is 0 Å². The summed E-state index contributed by atoms with van der Waals surface area (Å²) in [7, 11) is 0. The van der Waals surface area contributed by atoms with Gasteiger partial charge in [-0.1, -0.05) is 20.8 Å². The minimum Gasteiger partial charge on any atom is -0.353 e. The van der Waals surface area contributed by atoms with Crippen molar-refractivity contribution in [1.29, 1.82) is 0 Å². The molecule has 4 heteroatoms. The molecule has 0 bridgehead atoms. The summed E-state index contributed by atoms with van der Waals surface area (Å²) in [5, 5.41) is 6.35. The summed E-state index contributed by atoms with van der Waals surface area (Å²) in [6.45, 7) is 11.4. The zero-order valence-corrected chi connectivity index (χ0v) is 12.2. The number of rotatable bonds is 7. The number of hydrogen-bond donors (Lipinski definition) is 2. The third-order valence-corrected chi connectivity index (χ3v) is 3.70. The van der Waals surface area contributed by atoms with Crippen LogP contribution in [0.3, 0.4) is 0 Å². The van der Waals surface area contributed by atoms with Gasteiger partial charge in [0.1, 0.15) is 0 Å².